The average molecular weight is 286 g/mol. The Morgan fingerprint density at radius 2 is 2.06 bits per heavy atom. The molecule has 1 saturated carbocycles. The van der Waals surface area contributed by atoms with E-state index in [9.17, 15) is 4.39 Å². The topological polar surface area (TPSA) is 12.0 Å². The van der Waals surface area contributed by atoms with Gasteiger partial charge in [-0.05, 0) is 52.9 Å². The van der Waals surface area contributed by atoms with Crippen molar-refractivity contribution in [3.63, 3.8) is 0 Å². The van der Waals surface area contributed by atoms with Gasteiger partial charge in [0.05, 0.1) is 0 Å². The molecule has 1 aliphatic carbocycles. The maximum atomic E-state index is 12.9. The molecule has 1 nitrogen and oxygen atoms in total. The van der Waals surface area contributed by atoms with E-state index in [1.807, 2.05) is 0 Å². The van der Waals surface area contributed by atoms with Crippen molar-refractivity contribution in [3.8, 4) is 0 Å². The third-order valence-corrected chi connectivity index (χ3v) is 4.04. The Morgan fingerprint density at radius 1 is 1.31 bits per heavy atom. The number of hydrogen-bond acceptors (Lipinski definition) is 1. The maximum absolute atomic E-state index is 12.9. The lowest BCUT2D eigenvalue weighted by molar-refractivity contribution is 0.349. The second kappa shape index (κ2) is 5.17. The van der Waals surface area contributed by atoms with Gasteiger partial charge in [0.25, 0.3) is 0 Å². The van der Waals surface area contributed by atoms with E-state index >= 15 is 0 Å². The number of rotatable bonds is 2. The summed E-state index contributed by atoms with van der Waals surface area (Å²) >= 11 is 3.39. The molecule has 1 aromatic rings. The average Bonchev–Trinajstić information content (AvgIpc) is 2.25. The highest BCUT2D eigenvalue weighted by molar-refractivity contribution is 9.10. The van der Waals surface area contributed by atoms with Crippen LogP contribution in [0.5, 0.6) is 0 Å². The Labute approximate surface area is 105 Å². The van der Waals surface area contributed by atoms with E-state index in [0.29, 0.717) is 12.0 Å². The molecule has 2 rings (SSSR count). The Morgan fingerprint density at radius 3 is 2.75 bits per heavy atom. The zero-order valence-electron chi connectivity index (χ0n) is 9.47. The summed E-state index contributed by atoms with van der Waals surface area (Å²) < 4.78 is 13.8. The minimum Gasteiger partial charge on any atom is -0.381 e. The maximum Gasteiger partial charge on any atom is 0.124 e. The van der Waals surface area contributed by atoms with E-state index in [1.165, 1.54) is 37.8 Å². The summed E-state index contributed by atoms with van der Waals surface area (Å²) in [6.07, 6.45) is 5.13. The molecular weight excluding hydrogens is 269 g/mol. The first-order valence-electron chi connectivity index (χ1n) is 5.88. The van der Waals surface area contributed by atoms with E-state index in [2.05, 4.69) is 28.2 Å². The summed E-state index contributed by atoms with van der Waals surface area (Å²) in [5.74, 6) is 0.500. The van der Waals surface area contributed by atoms with Gasteiger partial charge in [0.15, 0.2) is 0 Å². The molecule has 0 saturated heterocycles. The smallest absolute Gasteiger partial charge is 0.124 e. The van der Waals surface area contributed by atoms with Gasteiger partial charge in [-0.25, -0.2) is 4.39 Å². The van der Waals surface area contributed by atoms with Gasteiger partial charge in [0.1, 0.15) is 5.82 Å². The van der Waals surface area contributed by atoms with Gasteiger partial charge in [0, 0.05) is 16.2 Å². The fourth-order valence-electron chi connectivity index (χ4n) is 2.34. The molecule has 1 fully saturated rings. The molecule has 3 heteroatoms. The normalized spacial score (nSPS) is 25.4. The van der Waals surface area contributed by atoms with E-state index in [-0.39, 0.29) is 5.82 Å². The standard InChI is InChI=1S/C13H17BrFN/c1-9-4-2-3-5-12(9)16-13-7-6-10(15)8-11(13)14/h6-9,12,16H,2-5H2,1H3. The summed E-state index contributed by atoms with van der Waals surface area (Å²) in [7, 11) is 0. The summed E-state index contributed by atoms with van der Waals surface area (Å²) in [5, 5.41) is 3.51. The fourth-order valence-corrected chi connectivity index (χ4v) is 2.80. The zero-order chi connectivity index (χ0) is 11.5. The first-order chi connectivity index (χ1) is 7.66. The van der Waals surface area contributed by atoms with Gasteiger partial charge in [-0.1, -0.05) is 19.8 Å². The lowest BCUT2D eigenvalue weighted by Crippen LogP contribution is -2.30. The molecule has 0 aliphatic heterocycles. The quantitative estimate of drug-likeness (QED) is 0.839. The van der Waals surface area contributed by atoms with Crippen molar-refractivity contribution in [1.29, 1.82) is 0 Å². The molecule has 88 valence electrons. The highest BCUT2D eigenvalue weighted by Crippen LogP contribution is 2.30. The van der Waals surface area contributed by atoms with Crippen molar-refractivity contribution < 1.29 is 4.39 Å². The van der Waals surface area contributed by atoms with Crippen molar-refractivity contribution in [2.24, 2.45) is 5.92 Å². The van der Waals surface area contributed by atoms with Gasteiger partial charge in [-0.3, -0.25) is 0 Å². The summed E-state index contributed by atoms with van der Waals surface area (Å²) in [6, 6.07) is 5.34. The Bertz CT molecular complexity index is 367. The third kappa shape index (κ3) is 2.76. The van der Waals surface area contributed by atoms with Crippen LogP contribution in [0.3, 0.4) is 0 Å². The molecule has 0 radical (unpaired) electrons. The minimum atomic E-state index is -0.200. The van der Waals surface area contributed by atoms with Crippen LogP contribution in [0, 0.1) is 11.7 Å². The fraction of sp³-hybridized carbons (Fsp3) is 0.538. The van der Waals surface area contributed by atoms with Crippen LogP contribution in [0.15, 0.2) is 22.7 Å². The Hall–Kier alpha value is -0.570. The molecule has 16 heavy (non-hydrogen) atoms. The van der Waals surface area contributed by atoms with Gasteiger partial charge in [0.2, 0.25) is 0 Å². The summed E-state index contributed by atoms with van der Waals surface area (Å²) in [6.45, 7) is 2.29. The lowest BCUT2D eigenvalue weighted by atomic mass is 9.86. The molecular formula is C13H17BrFN. The minimum absolute atomic E-state index is 0.200. The van der Waals surface area contributed by atoms with Crippen molar-refractivity contribution in [3.05, 3.63) is 28.5 Å². The van der Waals surface area contributed by atoms with Gasteiger partial charge < -0.3 is 5.32 Å². The van der Waals surface area contributed by atoms with Crippen LogP contribution in [0.1, 0.15) is 32.6 Å². The molecule has 1 aliphatic rings. The molecule has 0 aromatic heterocycles. The number of hydrogen-bond donors (Lipinski definition) is 1. The number of nitrogens with one attached hydrogen (secondary N) is 1. The molecule has 0 spiro atoms. The SMILES string of the molecule is CC1CCCCC1Nc1ccc(F)cc1Br. The van der Waals surface area contributed by atoms with E-state index in [0.717, 1.165) is 10.2 Å². The van der Waals surface area contributed by atoms with E-state index < -0.39 is 0 Å². The van der Waals surface area contributed by atoms with Crippen LogP contribution in [0.4, 0.5) is 10.1 Å². The van der Waals surface area contributed by atoms with Crippen molar-refractivity contribution in [2.45, 2.75) is 38.6 Å². The Balaban J connectivity index is 2.07. The zero-order valence-corrected chi connectivity index (χ0v) is 11.1. The monoisotopic (exact) mass is 285 g/mol. The van der Waals surface area contributed by atoms with E-state index in [1.54, 1.807) is 6.07 Å². The predicted octanol–water partition coefficient (Wildman–Crippen LogP) is 4.58. The number of anilines is 1. The highest BCUT2D eigenvalue weighted by atomic mass is 79.9. The lowest BCUT2D eigenvalue weighted by Gasteiger charge is -2.30. The first-order valence-corrected chi connectivity index (χ1v) is 6.67. The molecule has 0 heterocycles. The highest BCUT2D eigenvalue weighted by Gasteiger charge is 2.21. The number of halogens is 2. The van der Waals surface area contributed by atoms with Crippen LogP contribution in [0.2, 0.25) is 0 Å². The van der Waals surface area contributed by atoms with Crippen LogP contribution in [-0.2, 0) is 0 Å². The van der Waals surface area contributed by atoms with Gasteiger partial charge in [-0.2, -0.15) is 0 Å². The predicted molar refractivity (Wildman–Crippen MR) is 69.1 cm³/mol. The first kappa shape index (κ1) is 11.9. The van der Waals surface area contributed by atoms with Crippen LogP contribution < -0.4 is 5.32 Å². The van der Waals surface area contributed by atoms with Crippen LogP contribution in [-0.4, -0.2) is 6.04 Å². The van der Waals surface area contributed by atoms with Crippen LogP contribution in [0.25, 0.3) is 0 Å². The molecule has 2 atom stereocenters. The third-order valence-electron chi connectivity index (χ3n) is 3.38. The number of benzene rings is 1. The second-order valence-corrected chi connectivity index (χ2v) is 5.49. The molecule has 0 amide bonds. The van der Waals surface area contributed by atoms with Crippen molar-refractivity contribution >= 4 is 21.6 Å². The summed E-state index contributed by atoms with van der Waals surface area (Å²) in [4.78, 5) is 0. The van der Waals surface area contributed by atoms with Crippen molar-refractivity contribution in [2.75, 3.05) is 5.32 Å². The van der Waals surface area contributed by atoms with E-state index in [4.69, 9.17) is 0 Å². The molecule has 2 unspecified atom stereocenters. The van der Waals surface area contributed by atoms with Gasteiger partial charge >= 0.3 is 0 Å². The largest absolute Gasteiger partial charge is 0.381 e. The molecule has 1 aromatic carbocycles. The van der Waals surface area contributed by atoms with Crippen molar-refractivity contribution in [1.82, 2.24) is 0 Å². The summed E-state index contributed by atoms with van der Waals surface area (Å²) in [5.41, 5.74) is 1.00. The molecule has 1 N–H and O–H groups in total. The van der Waals surface area contributed by atoms with Crippen LogP contribution >= 0.6 is 15.9 Å². The van der Waals surface area contributed by atoms with Gasteiger partial charge in [-0.15, -0.1) is 0 Å². The molecule has 0 bridgehead atoms. The Kier molecular flexibility index (Phi) is 3.85. The second-order valence-electron chi connectivity index (χ2n) is 4.64.